The van der Waals surface area contributed by atoms with Gasteiger partial charge in [-0.05, 0) is 51.1 Å². The van der Waals surface area contributed by atoms with Crippen molar-refractivity contribution in [1.29, 1.82) is 0 Å². The summed E-state index contributed by atoms with van der Waals surface area (Å²) in [4.78, 5) is 27.7. The molecule has 0 spiro atoms. The number of carbonyl (C=O) groups excluding carboxylic acids is 2. The van der Waals surface area contributed by atoms with Gasteiger partial charge in [-0.1, -0.05) is 24.3 Å². The molecule has 3 aromatic rings. The number of rotatable bonds is 8. The van der Waals surface area contributed by atoms with Crippen LogP contribution in [0.4, 0.5) is 5.82 Å². The first-order valence-electron chi connectivity index (χ1n) is 10.1. The van der Waals surface area contributed by atoms with Crippen LogP contribution in [0, 0.1) is 0 Å². The fraction of sp³-hybridized carbons (Fsp3) is 0.261. The molecule has 0 saturated carbocycles. The van der Waals surface area contributed by atoms with E-state index < -0.39 is 0 Å². The summed E-state index contributed by atoms with van der Waals surface area (Å²) < 4.78 is 7.06. The van der Waals surface area contributed by atoms with Crippen molar-refractivity contribution in [3.63, 3.8) is 0 Å². The zero-order valence-corrected chi connectivity index (χ0v) is 17.5. The van der Waals surface area contributed by atoms with Gasteiger partial charge in [0, 0.05) is 18.7 Å². The Balaban J connectivity index is 2.00. The summed E-state index contributed by atoms with van der Waals surface area (Å²) in [5.41, 5.74) is 1.52. The van der Waals surface area contributed by atoms with Crippen molar-refractivity contribution in [3.8, 4) is 11.4 Å². The van der Waals surface area contributed by atoms with Crippen molar-refractivity contribution in [2.75, 3.05) is 25.0 Å². The van der Waals surface area contributed by atoms with Crippen LogP contribution in [0.15, 0.2) is 60.8 Å². The summed E-state index contributed by atoms with van der Waals surface area (Å²) >= 11 is 0. The van der Waals surface area contributed by atoms with Gasteiger partial charge in [0.25, 0.3) is 11.8 Å². The second-order valence-corrected chi connectivity index (χ2v) is 6.55. The molecule has 2 aromatic carbocycles. The van der Waals surface area contributed by atoms with E-state index in [0.717, 1.165) is 5.69 Å². The van der Waals surface area contributed by atoms with Crippen LogP contribution < -0.4 is 10.1 Å². The van der Waals surface area contributed by atoms with Gasteiger partial charge in [0.15, 0.2) is 0 Å². The summed E-state index contributed by atoms with van der Waals surface area (Å²) in [6, 6.07) is 16.3. The monoisotopic (exact) mass is 406 g/mol. The van der Waals surface area contributed by atoms with Crippen LogP contribution in [0.5, 0.6) is 5.75 Å². The van der Waals surface area contributed by atoms with Crippen molar-refractivity contribution < 1.29 is 14.3 Å². The number of hydrogen-bond acceptors (Lipinski definition) is 4. The van der Waals surface area contributed by atoms with Crippen molar-refractivity contribution in [2.45, 2.75) is 20.8 Å². The predicted octanol–water partition coefficient (Wildman–Crippen LogP) is 4.01. The maximum absolute atomic E-state index is 13.0. The molecule has 0 aliphatic heterocycles. The number of para-hydroxylation sites is 1. The highest BCUT2D eigenvalue weighted by Crippen LogP contribution is 2.23. The second kappa shape index (κ2) is 9.73. The Morgan fingerprint density at radius 1 is 1.03 bits per heavy atom. The highest BCUT2D eigenvalue weighted by molar-refractivity contribution is 6.08. The fourth-order valence-electron chi connectivity index (χ4n) is 3.14. The maximum Gasteiger partial charge on any atom is 0.259 e. The average molecular weight is 406 g/mol. The van der Waals surface area contributed by atoms with E-state index in [0.29, 0.717) is 42.4 Å². The lowest BCUT2D eigenvalue weighted by Crippen LogP contribution is -2.31. The first kappa shape index (κ1) is 21.1. The van der Waals surface area contributed by atoms with Gasteiger partial charge in [0.2, 0.25) is 0 Å². The molecule has 0 atom stereocenters. The number of nitrogens with one attached hydrogen (secondary N) is 1. The molecule has 30 heavy (non-hydrogen) atoms. The first-order valence-corrected chi connectivity index (χ1v) is 10.1. The van der Waals surface area contributed by atoms with E-state index in [4.69, 9.17) is 4.74 Å². The molecule has 3 rings (SSSR count). The van der Waals surface area contributed by atoms with E-state index in [-0.39, 0.29) is 11.8 Å². The van der Waals surface area contributed by atoms with Gasteiger partial charge >= 0.3 is 0 Å². The number of aromatic nitrogens is 2. The number of anilines is 1. The van der Waals surface area contributed by atoms with Crippen LogP contribution in [-0.2, 0) is 0 Å². The smallest absolute Gasteiger partial charge is 0.259 e. The molecule has 7 heteroatoms. The molecule has 0 aliphatic carbocycles. The van der Waals surface area contributed by atoms with E-state index in [1.165, 1.54) is 6.20 Å². The maximum atomic E-state index is 13.0. The van der Waals surface area contributed by atoms with Crippen LogP contribution in [0.3, 0.4) is 0 Å². The van der Waals surface area contributed by atoms with Crippen molar-refractivity contribution in [2.24, 2.45) is 0 Å². The van der Waals surface area contributed by atoms with Gasteiger partial charge in [-0.3, -0.25) is 9.59 Å². The third-order valence-corrected chi connectivity index (χ3v) is 4.69. The molecule has 156 valence electrons. The largest absolute Gasteiger partial charge is 0.494 e. The lowest BCUT2D eigenvalue weighted by Gasteiger charge is -2.19. The topological polar surface area (TPSA) is 76.5 Å². The molecule has 0 bridgehead atoms. The van der Waals surface area contributed by atoms with Gasteiger partial charge < -0.3 is 15.0 Å². The minimum Gasteiger partial charge on any atom is -0.494 e. The molecule has 1 heterocycles. The molecule has 1 N–H and O–H groups in total. The lowest BCUT2D eigenvalue weighted by atomic mass is 10.2. The van der Waals surface area contributed by atoms with Crippen LogP contribution in [0.25, 0.3) is 5.69 Å². The molecular formula is C23H26N4O3. The number of nitrogens with zero attached hydrogens (tertiary/aromatic N) is 3. The van der Waals surface area contributed by atoms with E-state index in [2.05, 4.69) is 10.4 Å². The van der Waals surface area contributed by atoms with Crippen molar-refractivity contribution in [1.82, 2.24) is 14.7 Å². The molecule has 7 nitrogen and oxygen atoms in total. The van der Waals surface area contributed by atoms with Crippen molar-refractivity contribution in [3.05, 3.63) is 71.9 Å². The Hall–Kier alpha value is -3.61. The zero-order chi connectivity index (χ0) is 21.5. The number of carbonyl (C=O) groups is 2. The van der Waals surface area contributed by atoms with Crippen LogP contribution in [0.2, 0.25) is 0 Å². The lowest BCUT2D eigenvalue weighted by molar-refractivity contribution is 0.0774. The summed E-state index contributed by atoms with van der Waals surface area (Å²) in [5, 5.41) is 7.27. The van der Waals surface area contributed by atoms with Crippen LogP contribution >= 0.6 is 0 Å². The first-order chi connectivity index (χ1) is 14.6. The second-order valence-electron chi connectivity index (χ2n) is 6.55. The van der Waals surface area contributed by atoms with E-state index in [1.807, 2.05) is 51.1 Å². The van der Waals surface area contributed by atoms with Gasteiger partial charge in [-0.25, -0.2) is 4.68 Å². The molecule has 0 fully saturated rings. The zero-order valence-electron chi connectivity index (χ0n) is 17.5. The Morgan fingerprint density at radius 3 is 2.43 bits per heavy atom. The van der Waals surface area contributed by atoms with Gasteiger partial charge in [0.1, 0.15) is 17.1 Å². The SMILES string of the molecule is CCOc1cccc(C(=O)Nc2c(C(=O)N(CC)CC)cnn2-c2ccccc2)c1. The highest BCUT2D eigenvalue weighted by Gasteiger charge is 2.24. The quantitative estimate of drug-likeness (QED) is 0.613. The normalized spacial score (nSPS) is 10.5. The average Bonchev–Trinajstić information content (AvgIpc) is 3.19. The highest BCUT2D eigenvalue weighted by atomic mass is 16.5. The summed E-state index contributed by atoms with van der Waals surface area (Å²) in [6.45, 7) is 7.36. The summed E-state index contributed by atoms with van der Waals surface area (Å²) in [5.74, 6) is 0.425. The molecule has 0 saturated heterocycles. The molecule has 0 radical (unpaired) electrons. The summed E-state index contributed by atoms with van der Waals surface area (Å²) in [6.07, 6.45) is 1.50. The Morgan fingerprint density at radius 2 is 1.77 bits per heavy atom. The fourth-order valence-corrected chi connectivity index (χ4v) is 3.14. The minimum atomic E-state index is -0.345. The molecule has 0 unspecified atom stereocenters. The summed E-state index contributed by atoms with van der Waals surface area (Å²) in [7, 11) is 0. The van der Waals surface area contributed by atoms with Crippen LogP contribution in [0.1, 0.15) is 41.5 Å². The number of hydrogen-bond donors (Lipinski definition) is 1. The molecule has 1 aromatic heterocycles. The van der Waals surface area contributed by atoms with Gasteiger partial charge in [0.05, 0.1) is 18.5 Å². The number of ether oxygens (including phenoxy) is 1. The van der Waals surface area contributed by atoms with Gasteiger partial charge in [-0.15, -0.1) is 0 Å². The third-order valence-electron chi connectivity index (χ3n) is 4.69. The van der Waals surface area contributed by atoms with Crippen molar-refractivity contribution >= 4 is 17.6 Å². The molecule has 2 amide bonds. The van der Waals surface area contributed by atoms with Gasteiger partial charge in [-0.2, -0.15) is 5.10 Å². The Labute approximate surface area is 176 Å². The standard InChI is InChI=1S/C23H26N4O3/c1-4-26(5-2)23(29)20-16-24-27(18-12-8-7-9-13-18)21(20)25-22(28)17-11-10-14-19(15-17)30-6-3/h7-16H,4-6H2,1-3H3,(H,25,28). The molecular weight excluding hydrogens is 380 g/mol. The van der Waals surface area contributed by atoms with E-state index in [9.17, 15) is 9.59 Å². The van der Waals surface area contributed by atoms with E-state index >= 15 is 0 Å². The number of benzene rings is 2. The van der Waals surface area contributed by atoms with E-state index in [1.54, 1.807) is 33.8 Å². The minimum absolute atomic E-state index is 0.180. The predicted molar refractivity (Wildman–Crippen MR) is 116 cm³/mol. The molecule has 0 aliphatic rings. The Kier molecular flexibility index (Phi) is 6.85. The Bertz CT molecular complexity index is 1010. The number of amides is 2. The van der Waals surface area contributed by atoms with Crippen LogP contribution in [-0.4, -0.2) is 46.2 Å². The third kappa shape index (κ3) is 4.51.